The van der Waals surface area contributed by atoms with E-state index >= 15 is 0 Å². The molecule has 0 aliphatic rings. The zero-order chi connectivity index (χ0) is 22.8. The molecule has 2 aromatic carbocycles. The van der Waals surface area contributed by atoms with E-state index in [1.807, 2.05) is 69.3 Å². The van der Waals surface area contributed by atoms with Crippen LogP contribution in [0.5, 0.6) is 5.75 Å². The summed E-state index contributed by atoms with van der Waals surface area (Å²) < 4.78 is 6.64. The van der Waals surface area contributed by atoms with Crippen LogP contribution < -0.4 is 10.1 Å². The van der Waals surface area contributed by atoms with Crippen LogP contribution in [0.15, 0.2) is 53.0 Å². The van der Waals surface area contributed by atoms with Crippen molar-refractivity contribution in [1.82, 2.24) is 10.2 Å². The number of carbonyl (C=O) groups excluding carboxylic acids is 2. The number of ether oxygens (including phenoxy) is 1. The molecule has 0 aliphatic carbocycles. The number of nitrogens with one attached hydrogen (secondary N) is 1. The summed E-state index contributed by atoms with van der Waals surface area (Å²) in [7, 11) is 0. The second kappa shape index (κ2) is 12.5. The molecule has 0 saturated heterocycles. The predicted octanol–water partition coefficient (Wildman–Crippen LogP) is 5.11. The predicted molar refractivity (Wildman–Crippen MR) is 128 cm³/mol. The summed E-state index contributed by atoms with van der Waals surface area (Å²) in [5.41, 5.74) is 2.16. The molecule has 0 fully saturated rings. The van der Waals surface area contributed by atoms with Crippen LogP contribution in [-0.4, -0.2) is 35.4 Å². The highest BCUT2D eigenvalue weighted by Crippen LogP contribution is 2.26. The van der Waals surface area contributed by atoms with Gasteiger partial charge in [-0.15, -0.1) is 0 Å². The van der Waals surface area contributed by atoms with Crippen molar-refractivity contribution in [1.29, 1.82) is 0 Å². The lowest BCUT2D eigenvalue weighted by molar-refractivity contribution is -0.143. The largest absolute Gasteiger partial charge is 0.483 e. The molecule has 2 amide bonds. The lowest BCUT2D eigenvalue weighted by Gasteiger charge is -2.31. The number of aryl methyl sites for hydroxylation is 1. The van der Waals surface area contributed by atoms with Crippen LogP contribution in [0.3, 0.4) is 0 Å². The SMILES string of the molecule is CCc1ccc(OCC(=O)N(Cc2ccccc2)[C@H](CC)C(=O)N[C@H](C)CC)c(Br)c1. The van der Waals surface area contributed by atoms with Gasteiger partial charge in [-0.05, 0) is 65.4 Å². The number of hydrogen-bond donors (Lipinski definition) is 1. The van der Waals surface area contributed by atoms with Crippen molar-refractivity contribution in [2.45, 2.75) is 65.6 Å². The zero-order valence-corrected chi connectivity index (χ0v) is 20.4. The van der Waals surface area contributed by atoms with E-state index in [0.717, 1.165) is 22.9 Å². The normalized spacial score (nSPS) is 12.7. The third kappa shape index (κ3) is 7.39. The van der Waals surface area contributed by atoms with Crippen molar-refractivity contribution in [3.63, 3.8) is 0 Å². The molecule has 168 valence electrons. The topological polar surface area (TPSA) is 58.6 Å². The molecule has 0 saturated carbocycles. The first-order valence-corrected chi connectivity index (χ1v) is 11.7. The van der Waals surface area contributed by atoms with Crippen molar-refractivity contribution in [2.24, 2.45) is 0 Å². The summed E-state index contributed by atoms with van der Waals surface area (Å²) in [6.45, 7) is 8.22. The fraction of sp³-hybridized carbons (Fsp3) is 0.440. The Morgan fingerprint density at radius 1 is 1.03 bits per heavy atom. The van der Waals surface area contributed by atoms with Crippen LogP contribution in [0.1, 0.15) is 51.7 Å². The minimum absolute atomic E-state index is 0.0551. The molecule has 2 aromatic rings. The van der Waals surface area contributed by atoms with Gasteiger partial charge in [0, 0.05) is 12.6 Å². The monoisotopic (exact) mass is 488 g/mol. The van der Waals surface area contributed by atoms with Crippen molar-refractivity contribution in [3.8, 4) is 5.75 Å². The molecule has 0 bridgehead atoms. The third-order valence-corrected chi connectivity index (χ3v) is 5.96. The maximum absolute atomic E-state index is 13.2. The van der Waals surface area contributed by atoms with Gasteiger partial charge < -0.3 is 15.0 Å². The van der Waals surface area contributed by atoms with Gasteiger partial charge in [0.25, 0.3) is 5.91 Å². The maximum atomic E-state index is 13.2. The Hall–Kier alpha value is -2.34. The fourth-order valence-corrected chi connectivity index (χ4v) is 3.79. The number of amides is 2. The van der Waals surface area contributed by atoms with Crippen molar-refractivity contribution in [2.75, 3.05) is 6.61 Å². The highest BCUT2D eigenvalue weighted by atomic mass is 79.9. The minimum Gasteiger partial charge on any atom is -0.483 e. The molecule has 5 nitrogen and oxygen atoms in total. The number of rotatable bonds is 11. The second-order valence-corrected chi connectivity index (χ2v) is 8.51. The second-order valence-electron chi connectivity index (χ2n) is 7.66. The average Bonchev–Trinajstić information content (AvgIpc) is 2.78. The number of nitrogens with zero attached hydrogens (tertiary/aromatic N) is 1. The number of benzene rings is 2. The Labute approximate surface area is 194 Å². The molecule has 1 N–H and O–H groups in total. The first-order valence-electron chi connectivity index (χ1n) is 10.9. The van der Waals surface area contributed by atoms with E-state index in [1.54, 1.807) is 4.90 Å². The summed E-state index contributed by atoms with van der Waals surface area (Å²) in [4.78, 5) is 27.8. The van der Waals surface area contributed by atoms with Gasteiger partial charge >= 0.3 is 0 Å². The van der Waals surface area contributed by atoms with Crippen molar-refractivity contribution in [3.05, 3.63) is 64.1 Å². The highest BCUT2D eigenvalue weighted by molar-refractivity contribution is 9.10. The fourth-order valence-electron chi connectivity index (χ4n) is 3.24. The molecular weight excluding hydrogens is 456 g/mol. The van der Waals surface area contributed by atoms with Crippen LogP contribution in [0.2, 0.25) is 0 Å². The van der Waals surface area contributed by atoms with Gasteiger partial charge in [0.2, 0.25) is 5.91 Å². The molecule has 2 atom stereocenters. The molecule has 6 heteroatoms. The molecule has 0 spiro atoms. The molecule has 0 aromatic heterocycles. The van der Waals surface area contributed by atoms with Gasteiger partial charge in [-0.25, -0.2) is 0 Å². The standard InChI is InChI=1S/C25H33BrN2O3/c1-5-18(4)27-25(30)22(7-3)28(16-20-11-9-8-10-12-20)24(29)17-31-23-14-13-19(6-2)15-21(23)26/h8-15,18,22H,5-7,16-17H2,1-4H3,(H,27,30)/t18-,22-/m1/s1. The van der Waals surface area contributed by atoms with E-state index in [1.165, 1.54) is 5.56 Å². The van der Waals surface area contributed by atoms with Gasteiger partial charge in [-0.1, -0.05) is 57.2 Å². The van der Waals surface area contributed by atoms with Gasteiger partial charge in [0.1, 0.15) is 11.8 Å². The van der Waals surface area contributed by atoms with Gasteiger partial charge in [0.05, 0.1) is 4.47 Å². The van der Waals surface area contributed by atoms with E-state index < -0.39 is 6.04 Å². The van der Waals surface area contributed by atoms with E-state index in [-0.39, 0.29) is 24.5 Å². The van der Waals surface area contributed by atoms with Crippen LogP contribution in [-0.2, 0) is 22.6 Å². The number of hydrogen-bond acceptors (Lipinski definition) is 3. The van der Waals surface area contributed by atoms with Gasteiger partial charge in [0.15, 0.2) is 6.61 Å². The number of carbonyl (C=O) groups is 2. The van der Waals surface area contributed by atoms with E-state index in [2.05, 4.69) is 28.2 Å². The Kier molecular flexibility index (Phi) is 10.0. The molecule has 31 heavy (non-hydrogen) atoms. The molecule has 0 radical (unpaired) electrons. The maximum Gasteiger partial charge on any atom is 0.261 e. The first-order chi connectivity index (χ1) is 14.9. The van der Waals surface area contributed by atoms with Gasteiger partial charge in [-0.3, -0.25) is 9.59 Å². The smallest absolute Gasteiger partial charge is 0.261 e. The van der Waals surface area contributed by atoms with Crippen LogP contribution in [0.25, 0.3) is 0 Å². The summed E-state index contributed by atoms with van der Waals surface area (Å²) in [5.74, 6) is 0.262. The lowest BCUT2D eigenvalue weighted by Crippen LogP contribution is -2.51. The third-order valence-electron chi connectivity index (χ3n) is 5.34. The Bertz CT molecular complexity index is 857. The van der Waals surface area contributed by atoms with Crippen LogP contribution >= 0.6 is 15.9 Å². The van der Waals surface area contributed by atoms with Gasteiger partial charge in [-0.2, -0.15) is 0 Å². The number of halogens is 1. The molecule has 0 heterocycles. The minimum atomic E-state index is -0.559. The van der Waals surface area contributed by atoms with E-state index in [4.69, 9.17) is 4.74 Å². The highest BCUT2D eigenvalue weighted by Gasteiger charge is 2.29. The Balaban J connectivity index is 2.19. The Morgan fingerprint density at radius 2 is 1.74 bits per heavy atom. The molecular formula is C25H33BrN2O3. The molecule has 0 unspecified atom stereocenters. The Morgan fingerprint density at radius 3 is 2.32 bits per heavy atom. The summed E-state index contributed by atoms with van der Waals surface area (Å²) in [6.07, 6.45) is 2.28. The first kappa shape index (κ1) is 24.9. The quantitative estimate of drug-likeness (QED) is 0.477. The van der Waals surface area contributed by atoms with E-state index in [0.29, 0.717) is 18.7 Å². The van der Waals surface area contributed by atoms with E-state index in [9.17, 15) is 9.59 Å². The average molecular weight is 489 g/mol. The molecule has 0 aliphatic heterocycles. The zero-order valence-electron chi connectivity index (χ0n) is 18.9. The van der Waals surface area contributed by atoms with Crippen LogP contribution in [0.4, 0.5) is 0 Å². The molecule has 2 rings (SSSR count). The summed E-state index contributed by atoms with van der Waals surface area (Å²) >= 11 is 3.52. The summed E-state index contributed by atoms with van der Waals surface area (Å²) in [6, 6.07) is 15.1. The lowest BCUT2D eigenvalue weighted by atomic mass is 10.1. The van der Waals surface area contributed by atoms with Crippen molar-refractivity contribution >= 4 is 27.7 Å². The van der Waals surface area contributed by atoms with Crippen LogP contribution in [0, 0.1) is 0 Å². The summed E-state index contributed by atoms with van der Waals surface area (Å²) in [5, 5.41) is 3.02. The van der Waals surface area contributed by atoms with Crippen molar-refractivity contribution < 1.29 is 14.3 Å².